The Morgan fingerprint density at radius 2 is 2.22 bits per heavy atom. The molecule has 5 heteroatoms. The number of hydrogen-bond donors (Lipinski definition) is 0. The summed E-state index contributed by atoms with van der Waals surface area (Å²) in [6, 6.07) is 4.99. The Kier molecular flexibility index (Phi) is 3.67. The van der Waals surface area contributed by atoms with Crippen molar-refractivity contribution in [2.24, 2.45) is 0 Å². The zero-order valence-corrected chi connectivity index (χ0v) is 10.8. The Labute approximate surface area is 110 Å². The number of rotatable bonds is 4. The lowest BCUT2D eigenvalue weighted by Crippen LogP contribution is -1.99. The van der Waals surface area contributed by atoms with Crippen LogP contribution in [0.2, 0.25) is 5.02 Å². The largest absolute Gasteiger partial charge is 0.482 e. The highest BCUT2D eigenvalue weighted by Crippen LogP contribution is 2.28. The van der Waals surface area contributed by atoms with E-state index in [0.717, 1.165) is 11.5 Å². The number of aldehydes is 1. The molecule has 0 amide bonds. The van der Waals surface area contributed by atoms with Gasteiger partial charge in [-0.15, -0.1) is 0 Å². The Balaban J connectivity index is 2.17. The summed E-state index contributed by atoms with van der Waals surface area (Å²) in [5, 5.41) is 0.389. The molecule has 0 aliphatic carbocycles. The Morgan fingerprint density at radius 1 is 1.44 bits per heavy atom. The first-order chi connectivity index (χ1) is 8.61. The zero-order chi connectivity index (χ0) is 13.1. The minimum absolute atomic E-state index is 0.138. The van der Waals surface area contributed by atoms with E-state index in [4.69, 9.17) is 20.8 Å². The number of ether oxygens (including phenoxy) is 1. The third-order valence-corrected chi connectivity index (χ3v) is 2.83. The molecule has 2 aromatic rings. The highest BCUT2D eigenvalue weighted by Gasteiger charge is 2.11. The standard InChI is InChI=1S/C13H12ClNO3/c1-8-9(2)18-12(15-8)7-17-13-10(6-16)4-3-5-11(13)14/h3-6H,7H2,1-2H3. The SMILES string of the molecule is Cc1nc(COc2c(Cl)cccc2C=O)oc1C. The fourth-order valence-electron chi connectivity index (χ4n) is 1.51. The number of aryl methyl sites for hydroxylation is 2. The second kappa shape index (κ2) is 5.23. The molecular weight excluding hydrogens is 254 g/mol. The maximum atomic E-state index is 10.9. The van der Waals surface area contributed by atoms with Crippen molar-refractivity contribution < 1.29 is 13.9 Å². The van der Waals surface area contributed by atoms with Crippen LogP contribution in [0, 0.1) is 13.8 Å². The molecule has 1 aromatic heterocycles. The zero-order valence-electron chi connectivity index (χ0n) is 10.1. The third kappa shape index (κ3) is 2.54. The van der Waals surface area contributed by atoms with Crippen LogP contribution < -0.4 is 4.74 Å². The summed E-state index contributed by atoms with van der Waals surface area (Å²) in [5.74, 6) is 1.56. The van der Waals surface area contributed by atoms with Gasteiger partial charge in [-0.2, -0.15) is 0 Å². The summed E-state index contributed by atoms with van der Waals surface area (Å²) in [4.78, 5) is 15.1. The first-order valence-electron chi connectivity index (χ1n) is 5.41. The molecule has 0 saturated heterocycles. The molecule has 94 valence electrons. The van der Waals surface area contributed by atoms with E-state index in [2.05, 4.69) is 4.98 Å². The predicted octanol–water partition coefficient (Wildman–Crippen LogP) is 3.34. The van der Waals surface area contributed by atoms with Crippen molar-refractivity contribution in [2.75, 3.05) is 0 Å². The lowest BCUT2D eigenvalue weighted by atomic mass is 10.2. The molecule has 0 saturated carbocycles. The predicted molar refractivity (Wildman–Crippen MR) is 67.1 cm³/mol. The summed E-state index contributed by atoms with van der Waals surface area (Å²) in [6.45, 7) is 3.83. The van der Waals surface area contributed by atoms with E-state index in [9.17, 15) is 4.79 Å². The van der Waals surface area contributed by atoms with Crippen LogP contribution in [0.5, 0.6) is 5.75 Å². The summed E-state index contributed by atoms with van der Waals surface area (Å²) < 4.78 is 10.9. The molecule has 0 unspecified atom stereocenters. The molecular formula is C13H12ClNO3. The van der Waals surface area contributed by atoms with Gasteiger partial charge >= 0.3 is 0 Å². The van der Waals surface area contributed by atoms with Gasteiger partial charge in [0.2, 0.25) is 5.89 Å². The minimum Gasteiger partial charge on any atom is -0.482 e. The van der Waals surface area contributed by atoms with Gasteiger partial charge in [0, 0.05) is 0 Å². The van der Waals surface area contributed by atoms with Crippen LogP contribution in [0.1, 0.15) is 27.7 Å². The van der Waals surface area contributed by atoms with E-state index in [1.807, 2.05) is 13.8 Å². The van der Waals surface area contributed by atoms with E-state index in [0.29, 0.717) is 28.5 Å². The molecule has 0 atom stereocenters. The molecule has 1 aromatic carbocycles. The number of carbonyl (C=O) groups is 1. The lowest BCUT2D eigenvalue weighted by molar-refractivity contribution is 0.111. The average molecular weight is 266 g/mol. The summed E-state index contributed by atoms with van der Waals surface area (Å²) in [6.07, 6.45) is 0.702. The molecule has 4 nitrogen and oxygen atoms in total. The fraction of sp³-hybridized carbons (Fsp3) is 0.231. The number of oxazole rings is 1. The number of carbonyl (C=O) groups excluding carboxylic acids is 1. The normalized spacial score (nSPS) is 10.4. The van der Waals surface area contributed by atoms with Crippen LogP contribution in [0.15, 0.2) is 22.6 Å². The van der Waals surface area contributed by atoms with Gasteiger partial charge in [0.15, 0.2) is 12.9 Å². The fourth-order valence-corrected chi connectivity index (χ4v) is 1.74. The van der Waals surface area contributed by atoms with Crippen molar-refractivity contribution in [3.8, 4) is 5.75 Å². The van der Waals surface area contributed by atoms with Gasteiger partial charge < -0.3 is 9.15 Å². The Morgan fingerprint density at radius 3 is 2.83 bits per heavy atom. The monoisotopic (exact) mass is 265 g/mol. The number of hydrogen-bond acceptors (Lipinski definition) is 4. The van der Waals surface area contributed by atoms with Gasteiger partial charge in [-0.05, 0) is 26.0 Å². The first kappa shape index (κ1) is 12.6. The third-order valence-electron chi connectivity index (χ3n) is 2.54. The van der Waals surface area contributed by atoms with Gasteiger partial charge in [-0.25, -0.2) is 4.98 Å². The average Bonchev–Trinajstić information content (AvgIpc) is 2.67. The van der Waals surface area contributed by atoms with Crippen molar-refractivity contribution in [3.05, 3.63) is 46.1 Å². The van der Waals surface area contributed by atoms with Crippen LogP contribution in [0.3, 0.4) is 0 Å². The summed E-state index contributed by atoms with van der Waals surface area (Å²) >= 11 is 5.98. The molecule has 0 aliphatic heterocycles. The quantitative estimate of drug-likeness (QED) is 0.796. The van der Waals surface area contributed by atoms with Crippen molar-refractivity contribution in [2.45, 2.75) is 20.5 Å². The summed E-state index contributed by atoms with van der Waals surface area (Å²) in [5.41, 5.74) is 1.23. The van der Waals surface area contributed by atoms with E-state index in [-0.39, 0.29) is 6.61 Å². The van der Waals surface area contributed by atoms with Crippen molar-refractivity contribution in [3.63, 3.8) is 0 Å². The molecule has 0 fully saturated rings. The van der Waals surface area contributed by atoms with Gasteiger partial charge in [-0.3, -0.25) is 4.79 Å². The van der Waals surface area contributed by atoms with Crippen LogP contribution in [0.25, 0.3) is 0 Å². The molecule has 0 N–H and O–H groups in total. The minimum atomic E-state index is 0.138. The van der Waals surface area contributed by atoms with Crippen LogP contribution >= 0.6 is 11.6 Å². The summed E-state index contributed by atoms with van der Waals surface area (Å²) in [7, 11) is 0. The van der Waals surface area contributed by atoms with Gasteiger partial charge in [0.1, 0.15) is 11.5 Å². The van der Waals surface area contributed by atoms with Gasteiger partial charge in [0.05, 0.1) is 16.3 Å². The van der Waals surface area contributed by atoms with Crippen LogP contribution in [-0.2, 0) is 6.61 Å². The van der Waals surface area contributed by atoms with Crippen molar-refractivity contribution >= 4 is 17.9 Å². The molecule has 18 heavy (non-hydrogen) atoms. The molecule has 2 rings (SSSR count). The number of para-hydroxylation sites is 1. The Hall–Kier alpha value is -1.81. The lowest BCUT2D eigenvalue weighted by Gasteiger charge is -2.07. The smallest absolute Gasteiger partial charge is 0.232 e. The molecule has 0 bridgehead atoms. The van der Waals surface area contributed by atoms with Gasteiger partial charge in [0.25, 0.3) is 0 Å². The maximum Gasteiger partial charge on any atom is 0.232 e. The highest BCUT2D eigenvalue weighted by molar-refractivity contribution is 6.32. The van der Waals surface area contributed by atoms with Crippen molar-refractivity contribution in [1.29, 1.82) is 0 Å². The first-order valence-corrected chi connectivity index (χ1v) is 5.79. The number of halogens is 1. The van der Waals surface area contributed by atoms with Gasteiger partial charge in [-0.1, -0.05) is 17.7 Å². The molecule has 0 radical (unpaired) electrons. The van der Waals surface area contributed by atoms with E-state index in [1.165, 1.54) is 0 Å². The maximum absolute atomic E-state index is 10.9. The molecule has 0 spiro atoms. The number of nitrogens with zero attached hydrogens (tertiary/aromatic N) is 1. The van der Waals surface area contributed by atoms with Crippen LogP contribution in [0.4, 0.5) is 0 Å². The highest BCUT2D eigenvalue weighted by atomic mass is 35.5. The molecule has 1 heterocycles. The van der Waals surface area contributed by atoms with E-state index >= 15 is 0 Å². The molecule has 0 aliphatic rings. The van der Waals surface area contributed by atoms with Crippen molar-refractivity contribution in [1.82, 2.24) is 4.98 Å². The second-order valence-corrected chi connectivity index (χ2v) is 4.22. The topological polar surface area (TPSA) is 52.3 Å². The number of benzene rings is 1. The second-order valence-electron chi connectivity index (χ2n) is 3.81. The Bertz CT molecular complexity index is 558. The van der Waals surface area contributed by atoms with Crippen LogP contribution in [-0.4, -0.2) is 11.3 Å². The van der Waals surface area contributed by atoms with E-state index < -0.39 is 0 Å². The van der Waals surface area contributed by atoms with E-state index in [1.54, 1.807) is 18.2 Å². The number of aromatic nitrogens is 1.